The average Bonchev–Trinajstić information content (AvgIpc) is 2.39. The Labute approximate surface area is 121 Å². The molecule has 0 bridgehead atoms. The summed E-state index contributed by atoms with van der Waals surface area (Å²) in [4.78, 5) is 0. The maximum absolute atomic E-state index is 14.2. The van der Waals surface area contributed by atoms with Gasteiger partial charge in [-0.3, -0.25) is 11.3 Å². The van der Waals surface area contributed by atoms with E-state index in [9.17, 15) is 13.2 Å². The van der Waals surface area contributed by atoms with Crippen molar-refractivity contribution < 1.29 is 13.2 Å². The standard InChI is InChI=1S/C16H17F3N2/c1-9-6-10(2)16(14(19)7-9)15(21-20)8-11-12(17)4-3-5-13(11)18/h3-7,15,21H,8,20H2,1-2H3. The SMILES string of the molecule is Cc1cc(C)c(C(Cc2c(F)cccc2F)NN)c(F)c1. The van der Waals surface area contributed by atoms with Crippen molar-refractivity contribution in [2.45, 2.75) is 26.3 Å². The Balaban J connectivity index is 2.42. The number of hydrogen-bond acceptors (Lipinski definition) is 2. The summed E-state index contributed by atoms with van der Waals surface area (Å²) < 4.78 is 41.6. The largest absolute Gasteiger partial charge is 0.271 e. The Hall–Kier alpha value is -1.85. The fourth-order valence-corrected chi connectivity index (χ4v) is 2.54. The highest BCUT2D eigenvalue weighted by Crippen LogP contribution is 2.27. The lowest BCUT2D eigenvalue weighted by atomic mass is 9.93. The molecule has 0 aliphatic rings. The van der Waals surface area contributed by atoms with Crippen LogP contribution >= 0.6 is 0 Å². The van der Waals surface area contributed by atoms with Crippen molar-refractivity contribution in [3.05, 3.63) is 70.0 Å². The van der Waals surface area contributed by atoms with Crippen LogP contribution in [0.1, 0.15) is 28.3 Å². The molecular formula is C16H17F3N2. The van der Waals surface area contributed by atoms with Crippen LogP contribution in [-0.4, -0.2) is 0 Å². The zero-order valence-electron chi connectivity index (χ0n) is 11.9. The van der Waals surface area contributed by atoms with Crippen LogP contribution in [0.15, 0.2) is 30.3 Å². The van der Waals surface area contributed by atoms with Gasteiger partial charge in [-0.2, -0.15) is 0 Å². The fraction of sp³-hybridized carbons (Fsp3) is 0.250. The van der Waals surface area contributed by atoms with E-state index in [2.05, 4.69) is 5.43 Å². The zero-order chi connectivity index (χ0) is 15.6. The first-order valence-electron chi connectivity index (χ1n) is 6.59. The lowest BCUT2D eigenvalue weighted by molar-refractivity contribution is 0.478. The Kier molecular flexibility index (Phi) is 4.65. The van der Waals surface area contributed by atoms with Gasteiger partial charge in [-0.05, 0) is 49.6 Å². The number of nitrogens with two attached hydrogens (primary N) is 1. The second-order valence-corrected chi connectivity index (χ2v) is 5.10. The number of hydrogen-bond donors (Lipinski definition) is 2. The summed E-state index contributed by atoms with van der Waals surface area (Å²) in [7, 11) is 0. The Bertz CT molecular complexity index is 613. The molecule has 5 heteroatoms. The first-order chi connectivity index (χ1) is 9.93. The van der Waals surface area contributed by atoms with Gasteiger partial charge in [0.2, 0.25) is 0 Å². The van der Waals surface area contributed by atoms with Gasteiger partial charge in [-0.15, -0.1) is 0 Å². The highest BCUT2D eigenvalue weighted by molar-refractivity contribution is 5.35. The molecule has 0 heterocycles. The van der Waals surface area contributed by atoms with Crippen molar-refractivity contribution in [1.82, 2.24) is 5.43 Å². The highest BCUT2D eigenvalue weighted by atomic mass is 19.1. The van der Waals surface area contributed by atoms with E-state index in [0.717, 1.165) is 5.56 Å². The number of benzene rings is 2. The third kappa shape index (κ3) is 3.25. The van der Waals surface area contributed by atoms with E-state index in [1.807, 2.05) is 0 Å². The molecule has 0 aliphatic carbocycles. The fourth-order valence-electron chi connectivity index (χ4n) is 2.54. The lowest BCUT2D eigenvalue weighted by Gasteiger charge is -2.20. The van der Waals surface area contributed by atoms with Gasteiger partial charge in [0.05, 0.1) is 6.04 Å². The zero-order valence-corrected chi connectivity index (χ0v) is 11.9. The van der Waals surface area contributed by atoms with E-state index in [1.54, 1.807) is 19.9 Å². The van der Waals surface area contributed by atoms with Crippen LogP contribution in [0.5, 0.6) is 0 Å². The van der Waals surface area contributed by atoms with Gasteiger partial charge in [-0.1, -0.05) is 12.1 Å². The molecule has 0 aliphatic heterocycles. The van der Waals surface area contributed by atoms with Gasteiger partial charge in [0.15, 0.2) is 0 Å². The normalized spacial score (nSPS) is 12.5. The number of hydrazine groups is 1. The van der Waals surface area contributed by atoms with Crippen LogP contribution in [-0.2, 0) is 6.42 Å². The molecule has 2 aromatic carbocycles. The second kappa shape index (κ2) is 6.28. The molecule has 0 fully saturated rings. The molecule has 0 spiro atoms. The molecule has 112 valence electrons. The van der Waals surface area contributed by atoms with Crippen LogP contribution < -0.4 is 11.3 Å². The summed E-state index contributed by atoms with van der Waals surface area (Å²) in [5.74, 6) is 3.70. The maximum Gasteiger partial charge on any atom is 0.129 e. The van der Waals surface area contributed by atoms with E-state index in [-0.39, 0.29) is 12.0 Å². The smallest absolute Gasteiger partial charge is 0.129 e. The van der Waals surface area contributed by atoms with Crippen molar-refractivity contribution in [3.63, 3.8) is 0 Å². The van der Waals surface area contributed by atoms with Crippen LogP contribution in [0, 0.1) is 31.3 Å². The van der Waals surface area contributed by atoms with E-state index in [0.29, 0.717) is 11.1 Å². The van der Waals surface area contributed by atoms with Crippen LogP contribution in [0.2, 0.25) is 0 Å². The minimum absolute atomic E-state index is 0.0736. The van der Waals surface area contributed by atoms with Gasteiger partial charge in [0, 0.05) is 11.1 Å². The predicted molar refractivity (Wildman–Crippen MR) is 76.0 cm³/mol. The summed E-state index contributed by atoms with van der Waals surface area (Å²) in [6.07, 6.45) is -0.0736. The molecule has 1 unspecified atom stereocenters. The van der Waals surface area contributed by atoms with E-state index < -0.39 is 23.5 Å². The third-order valence-corrected chi connectivity index (χ3v) is 3.50. The summed E-state index contributed by atoms with van der Waals surface area (Å²) >= 11 is 0. The maximum atomic E-state index is 14.2. The van der Waals surface area contributed by atoms with Gasteiger partial charge >= 0.3 is 0 Å². The molecule has 0 saturated heterocycles. The van der Waals surface area contributed by atoms with Crippen LogP contribution in [0.25, 0.3) is 0 Å². The Morgan fingerprint density at radius 3 is 2.19 bits per heavy atom. The van der Waals surface area contributed by atoms with Gasteiger partial charge < -0.3 is 0 Å². The molecule has 2 aromatic rings. The van der Waals surface area contributed by atoms with Crippen molar-refractivity contribution in [2.75, 3.05) is 0 Å². The summed E-state index contributed by atoms with van der Waals surface area (Å²) in [5.41, 5.74) is 4.13. The van der Waals surface area contributed by atoms with Crippen LogP contribution in [0.3, 0.4) is 0 Å². The number of nitrogens with one attached hydrogen (secondary N) is 1. The van der Waals surface area contributed by atoms with Gasteiger partial charge in [0.1, 0.15) is 17.5 Å². The first-order valence-corrected chi connectivity index (χ1v) is 6.59. The number of aryl methyl sites for hydroxylation is 2. The molecule has 3 N–H and O–H groups in total. The number of halogens is 3. The minimum Gasteiger partial charge on any atom is -0.271 e. The summed E-state index contributed by atoms with van der Waals surface area (Å²) in [5, 5.41) is 0. The van der Waals surface area contributed by atoms with Crippen molar-refractivity contribution >= 4 is 0 Å². The quantitative estimate of drug-likeness (QED) is 0.669. The Morgan fingerprint density at radius 1 is 1.05 bits per heavy atom. The van der Waals surface area contributed by atoms with Gasteiger partial charge in [-0.25, -0.2) is 13.2 Å². The average molecular weight is 294 g/mol. The predicted octanol–water partition coefficient (Wildman–Crippen LogP) is 3.47. The number of rotatable bonds is 4. The van der Waals surface area contributed by atoms with Crippen molar-refractivity contribution in [3.8, 4) is 0 Å². The molecule has 1 atom stereocenters. The van der Waals surface area contributed by atoms with Crippen molar-refractivity contribution in [2.24, 2.45) is 5.84 Å². The molecule has 2 nitrogen and oxygen atoms in total. The van der Waals surface area contributed by atoms with Crippen molar-refractivity contribution in [1.29, 1.82) is 0 Å². The third-order valence-electron chi connectivity index (χ3n) is 3.50. The van der Waals surface area contributed by atoms with E-state index in [1.165, 1.54) is 24.3 Å². The lowest BCUT2D eigenvalue weighted by Crippen LogP contribution is -2.31. The highest BCUT2D eigenvalue weighted by Gasteiger charge is 2.21. The molecule has 0 radical (unpaired) electrons. The molecule has 0 saturated carbocycles. The van der Waals surface area contributed by atoms with Crippen LogP contribution in [0.4, 0.5) is 13.2 Å². The molecule has 2 rings (SSSR count). The summed E-state index contributed by atoms with van der Waals surface area (Å²) in [6, 6.07) is 6.10. The molecule has 0 amide bonds. The first kappa shape index (κ1) is 15.5. The summed E-state index contributed by atoms with van der Waals surface area (Å²) in [6.45, 7) is 3.52. The Morgan fingerprint density at radius 2 is 1.67 bits per heavy atom. The molecule has 21 heavy (non-hydrogen) atoms. The van der Waals surface area contributed by atoms with Gasteiger partial charge in [0.25, 0.3) is 0 Å². The minimum atomic E-state index is -0.711. The monoisotopic (exact) mass is 294 g/mol. The van der Waals surface area contributed by atoms with E-state index >= 15 is 0 Å². The molecular weight excluding hydrogens is 277 g/mol. The van der Waals surface area contributed by atoms with E-state index in [4.69, 9.17) is 5.84 Å². The second-order valence-electron chi connectivity index (χ2n) is 5.10. The molecule has 0 aromatic heterocycles. The topological polar surface area (TPSA) is 38.0 Å².